The van der Waals surface area contributed by atoms with E-state index in [4.69, 9.17) is 0 Å². The van der Waals surface area contributed by atoms with Gasteiger partial charge in [0.2, 0.25) is 5.91 Å². The van der Waals surface area contributed by atoms with E-state index in [1.165, 1.54) is 19.3 Å². The number of hydrogen-bond acceptors (Lipinski definition) is 6. The molecule has 0 radical (unpaired) electrons. The van der Waals surface area contributed by atoms with Gasteiger partial charge < -0.3 is 9.80 Å². The molecule has 164 valence electrons. The fourth-order valence-corrected chi connectivity index (χ4v) is 4.76. The van der Waals surface area contributed by atoms with Gasteiger partial charge in [0.25, 0.3) is 0 Å². The summed E-state index contributed by atoms with van der Waals surface area (Å²) in [6, 6.07) is 10.9. The van der Waals surface area contributed by atoms with Crippen LogP contribution in [-0.4, -0.2) is 95.5 Å². The molecule has 1 aromatic carbocycles. The van der Waals surface area contributed by atoms with Crippen molar-refractivity contribution in [1.82, 2.24) is 24.7 Å². The van der Waals surface area contributed by atoms with E-state index in [2.05, 4.69) is 29.6 Å². The fraction of sp³-hybridized carbons (Fsp3) is 0.542. The Morgan fingerprint density at radius 2 is 1.61 bits per heavy atom. The molecule has 1 aliphatic carbocycles. The van der Waals surface area contributed by atoms with E-state index in [1.807, 2.05) is 42.7 Å². The Morgan fingerprint density at radius 3 is 2.23 bits per heavy atom. The van der Waals surface area contributed by atoms with Crippen LogP contribution >= 0.6 is 0 Å². The molecule has 3 fully saturated rings. The first-order valence-electron chi connectivity index (χ1n) is 11.6. The van der Waals surface area contributed by atoms with Crippen molar-refractivity contribution in [2.75, 3.05) is 63.8 Å². The number of carbonyl (C=O) groups is 1. The molecular formula is C24H32N6O. The Balaban J connectivity index is 1.08. The van der Waals surface area contributed by atoms with Gasteiger partial charge in [0.15, 0.2) is 0 Å². The van der Waals surface area contributed by atoms with Crippen LogP contribution in [0.5, 0.6) is 0 Å². The molecule has 3 heterocycles. The van der Waals surface area contributed by atoms with Crippen LogP contribution in [0.15, 0.2) is 42.7 Å². The van der Waals surface area contributed by atoms with Gasteiger partial charge in [-0.1, -0.05) is 36.8 Å². The van der Waals surface area contributed by atoms with Crippen LogP contribution in [0.2, 0.25) is 0 Å². The third-order valence-corrected chi connectivity index (χ3v) is 7.02. The normalized spacial score (nSPS) is 21.2. The minimum Gasteiger partial charge on any atom is -0.353 e. The third kappa shape index (κ3) is 4.72. The SMILES string of the molecule is O=C(CN1CCN(c2cnc(-c3ccccc3)cn2)CC1)N1CCN(C2CCC2)CC1. The average Bonchev–Trinajstić information content (AvgIpc) is 2.80. The Morgan fingerprint density at radius 1 is 0.871 bits per heavy atom. The number of hydrogen-bond donors (Lipinski definition) is 0. The van der Waals surface area contributed by atoms with Gasteiger partial charge in [-0.25, -0.2) is 4.98 Å². The summed E-state index contributed by atoms with van der Waals surface area (Å²) >= 11 is 0. The molecule has 0 spiro atoms. The third-order valence-electron chi connectivity index (χ3n) is 7.02. The summed E-state index contributed by atoms with van der Waals surface area (Å²) in [7, 11) is 0. The smallest absolute Gasteiger partial charge is 0.236 e. The van der Waals surface area contributed by atoms with E-state index in [-0.39, 0.29) is 5.91 Å². The number of rotatable bonds is 5. The molecule has 31 heavy (non-hydrogen) atoms. The quantitative estimate of drug-likeness (QED) is 0.737. The predicted octanol–water partition coefficient (Wildman–Crippen LogP) is 1.96. The molecule has 2 aromatic rings. The molecule has 0 N–H and O–H groups in total. The number of amides is 1. The van der Waals surface area contributed by atoms with E-state index >= 15 is 0 Å². The first-order chi connectivity index (χ1) is 15.3. The van der Waals surface area contributed by atoms with Crippen molar-refractivity contribution in [2.24, 2.45) is 0 Å². The summed E-state index contributed by atoms with van der Waals surface area (Å²) in [6.45, 7) is 7.92. The molecule has 5 rings (SSSR count). The monoisotopic (exact) mass is 420 g/mol. The minimum atomic E-state index is 0.286. The van der Waals surface area contributed by atoms with Crippen molar-refractivity contribution in [2.45, 2.75) is 25.3 Å². The fourth-order valence-electron chi connectivity index (χ4n) is 4.76. The van der Waals surface area contributed by atoms with Crippen LogP contribution in [-0.2, 0) is 4.79 Å². The number of carbonyl (C=O) groups excluding carboxylic acids is 1. The second-order valence-electron chi connectivity index (χ2n) is 8.89. The van der Waals surface area contributed by atoms with Crippen LogP contribution in [0, 0.1) is 0 Å². The lowest BCUT2D eigenvalue weighted by atomic mass is 9.91. The number of piperazine rings is 2. The van der Waals surface area contributed by atoms with E-state index in [1.54, 1.807) is 0 Å². The van der Waals surface area contributed by atoms with Gasteiger partial charge in [-0.15, -0.1) is 0 Å². The van der Waals surface area contributed by atoms with Crippen molar-refractivity contribution in [1.29, 1.82) is 0 Å². The zero-order chi connectivity index (χ0) is 21.0. The van der Waals surface area contributed by atoms with Crippen molar-refractivity contribution in [3.8, 4) is 11.3 Å². The number of aromatic nitrogens is 2. The van der Waals surface area contributed by atoms with Crippen molar-refractivity contribution in [3.63, 3.8) is 0 Å². The van der Waals surface area contributed by atoms with E-state index in [9.17, 15) is 4.79 Å². The number of benzene rings is 1. The lowest BCUT2D eigenvalue weighted by Crippen LogP contribution is -2.56. The highest BCUT2D eigenvalue weighted by Crippen LogP contribution is 2.25. The van der Waals surface area contributed by atoms with Gasteiger partial charge in [-0.05, 0) is 12.8 Å². The molecule has 0 bridgehead atoms. The van der Waals surface area contributed by atoms with Gasteiger partial charge in [-0.3, -0.25) is 19.6 Å². The lowest BCUT2D eigenvalue weighted by Gasteiger charge is -2.43. The Hall–Kier alpha value is -2.51. The van der Waals surface area contributed by atoms with Crippen LogP contribution in [0.1, 0.15) is 19.3 Å². The molecule has 1 aromatic heterocycles. The van der Waals surface area contributed by atoms with Gasteiger partial charge >= 0.3 is 0 Å². The topological polar surface area (TPSA) is 55.8 Å². The molecular weight excluding hydrogens is 388 g/mol. The summed E-state index contributed by atoms with van der Waals surface area (Å²) in [4.78, 5) is 31.2. The largest absolute Gasteiger partial charge is 0.353 e. The number of anilines is 1. The van der Waals surface area contributed by atoms with Crippen LogP contribution in [0.3, 0.4) is 0 Å². The lowest BCUT2D eigenvalue weighted by molar-refractivity contribution is -0.134. The summed E-state index contributed by atoms with van der Waals surface area (Å²) in [5.74, 6) is 1.20. The number of nitrogens with zero attached hydrogens (tertiary/aromatic N) is 6. The zero-order valence-electron chi connectivity index (χ0n) is 18.2. The maximum absolute atomic E-state index is 12.8. The molecule has 1 amide bonds. The molecule has 2 aliphatic heterocycles. The highest BCUT2D eigenvalue weighted by Gasteiger charge is 2.30. The van der Waals surface area contributed by atoms with Crippen molar-refractivity contribution >= 4 is 11.7 Å². The molecule has 0 unspecified atom stereocenters. The van der Waals surface area contributed by atoms with Gasteiger partial charge in [0.05, 0.1) is 24.6 Å². The second kappa shape index (κ2) is 9.32. The average molecular weight is 421 g/mol. The molecule has 0 atom stereocenters. The van der Waals surface area contributed by atoms with Gasteiger partial charge in [0.1, 0.15) is 5.82 Å². The Kier molecular flexibility index (Phi) is 6.13. The summed E-state index contributed by atoms with van der Waals surface area (Å²) in [6.07, 6.45) is 7.78. The molecule has 7 heteroatoms. The van der Waals surface area contributed by atoms with E-state index < -0.39 is 0 Å². The van der Waals surface area contributed by atoms with Crippen LogP contribution in [0.25, 0.3) is 11.3 Å². The maximum Gasteiger partial charge on any atom is 0.236 e. The van der Waals surface area contributed by atoms with Gasteiger partial charge in [-0.2, -0.15) is 0 Å². The standard InChI is InChI=1S/C24H32N6O/c31-24(30-15-13-28(14-16-30)21-7-4-8-21)19-27-9-11-29(12-10-27)23-18-25-22(17-26-23)20-5-2-1-3-6-20/h1-3,5-6,17-18,21H,4,7-16,19H2. The maximum atomic E-state index is 12.8. The van der Waals surface area contributed by atoms with Crippen LogP contribution < -0.4 is 4.90 Å². The minimum absolute atomic E-state index is 0.286. The molecule has 7 nitrogen and oxygen atoms in total. The van der Waals surface area contributed by atoms with Crippen LogP contribution in [0.4, 0.5) is 5.82 Å². The summed E-state index contributed by atoms with van der Waals surface area (Å²) in [5.41, 5.74) is 1.98. The summed E-state index contributed by atoms with van der Waals surface area (Å²) in [5, 5.41) is 0. The first-order valence-corrected chi connectivity index (χ1v) is 11.6. The second-order valence-corrected chi connectivity index (χ2v) is 8.89. The van der Waals surface area contributed by atoms with E-state index in [0.717, 1.165) is 75.5 Å². The first kappa shape index (κ1) is 20.4. The highest BCUT2D eigenvalue weighted by molar-refractivity contribution is 5.78. The van der Waals surface area contributed by atoms with E-state index in [0.29, 0.717) is 6.54 Å². The zero-order valence-corrected chi connectivity index (χ0v) is 18.2. The van der Waals surface area contributed by atoms with Crippen molar-refractivity contribution < 1.29 is 4.79 Å². The molecule has 1 saturated carbocycles. The van der Waals surface area contributed by atoms with Crippen molar-refractivity contribution in [3.05, 3.63) is 42.7 Å². The van der Waals surface area contributed by atoms with Gasteiger partial charge in [0, 0.05) is 64.0 Å². The molecule has 3 aliphatic rings. The summed E-state index contributed by atoms with van der Waals surface area (Å²) < 4.78 is 0. The Labute approximate surface area is 184 Å². The predicted molar refractivity (Wildman–Crippen MR) is 122 cm³/mol. The highest BCUT2D eigenvalue weighted by atomic mass is 16.2. The Bertz CT molecular complexity index is 853. The molecule has 2 saturated heterocycles.